The molecule has 0 aromatic carbocycles. The number of aliphatic carboxylic acids is 1. The van der Waals surface area contributed by atoms with Gasteiger partial charge >= 0.3 is 29.8 Å². The van der Waals surface area contributed by atoms with E-state index in [1.165, 1.54) is 6.92 Å². The van der Waals surface area contributed by atoms with Gasteiger partial charge in [-0.1, -0.05) is 0 Å². The molecule has 1 heterocycles. The van der Waals surface area contributed by atoms with Gasteiger partial charge in [0.25, 0.3) is 0 Å². The highest BCUT2D eigenvalue weighted by atomic mass is 32.2. The highest BCUT2D eigenvalue weighted by molar-refractivity contribution is 7.99. The topological polar surface area (TPSA) is 152 Å². The Bertz CT molecular complexity index is 650. The molecule has 0 aromatic heterocycles. The summed E-state index contributed by atoms with van der Waals surface area (Å²) in [5.41, 5.74) is -0.889. The summed E-state index contributed by atoms with van der Waals surface area (Å²) in [6.45, 7) is 4.32. The Labute approximate surface area is 177 Å². The molecule has 1 aliphatic heterocycles. The van der Waals surface area contributed by atoms with Crippen molar-refractivity contribution < 1.29 is 52.8 Å². The first-order chi connectivity index (χ1) is 14.0. The van der Waals surface area contributed by atoms with Gasteiger partial charge in [-0.3, -0.25) is 24.0 Å². The quantitative estimate of drug-likeness (QED) is 0.283. The van der Waals surface area contributed by atoms with Gasteiger partial charge in [-0.25, -0.2) is 0 Å². The van der Waals surface area contributed by atoms with Crippen molar-refractivity contribution in [3.8, 4) is 0 Å². The molecule has 0 spiro atoms. The third-order valence-corrected chi connectivity index (χ3v) is 5.00. The van der Waals surface area contributed by atoms with E-state index in [0.29, 0.717) is 12.2 Å². The first-order valence-corrected chi connectivity index (χ1v) is 10.2. The van der Waals surface area contributed by atoms with Crippen LogP contribution in [0.5, 0.6) is 0 Å². The van der Waals surface area contributed by atoms with Crippen LogP contribution in [-0.4, -0.2) is 77.2 Å². The molecular formula is C18H26O11S. The van der Waals surface area contributed by atoms with Crippen LogP contribution in [0.15, 0.2) is 0 Å². The molecule has 5 atom stereocenters. The van der Waals surface area contributed by atoms with Crippen LogP contribution in [0.25, 0.3) is 0 Å². The molecule has 1 aliphatic rings. The third kappa shape index (κ3) is 8.99. The lowest BCUT2D eigenvalue weighted by Crippen LogP contribution is -2.61. The molecule has 1 rings (SSSR count). The van der Waals surface area contributed by atoms with Gasteiger partial charge in [-0.05, 0) is 12.2 Å². The van der Waals surface area contributed by atoms with Gasteiger partial charge in [0.05, 0.1) is 0 Å². The second-order valence-electron chi connectivity index (χ2n) is 6.44. The van der Waals surface area contributed by atoms with Crippen LogP contribution >= 0.6 is 11.8 Å². The molecule has 0 saturated carbocycles. The maximum absolute atomic E-state index is 11.7. The van der Waals surface area contributed by atoms with Crippen molar-refractivity contribution in [1.29, 1.82) is 0 Å². The molecule has 12 heteroatoms. The SMILES string of the molecule is CC(=O)OC[C@H]1O[C@@H](SCCCC(=O)O)[C@@H](OC(C)=O)[C@@H](OC(C)=O)[C@@H]1OC(C)=O. The molecule has 1 saturated heterocycles. The highest BCUT2D eigenvalue weighted by Crippen LogP contribution is 2.34. The second-order valence-corrected chi connectivity index (χ2v) is 7.64. The Morgan fingerprint density at radius 1 is 0.833 bits per heavy atom. The molecule has 0 aliphatic carbocycles. The maximum Gasteiger partial charge on any atom is 0.303 e. The number of thioether (sulfide) groups is 1. The summed E-state index contributed by atoms with van der Waals surface area (Å²) in [6.07, 6.45) is -4.33. The number of hydrogen-bond donors (Lipinski definition) is 1. The fourth-order valence-corrected chi connectivity index (χ4v) is 3.91. The highest BCUT2D eigenvalue weighted by Gasteiger charge is 2.52. The normalized spacial score (nSPS) is 25.7. The Morgan fingerprint density at radius 3 is 1.87 bits per heavy atom. The third-order valence-electron chi connectivity index (χ3n) is 3.77. The zero-order chi connectivity index (χ0) is 22.8. The Kier molecular flexibility index (Phi) is 10.6. The largest absolute Gasteiger partial charge is 0.481 e. The average Bonchev–Trinajstić information content (AvgIpc) is 2.60. The summed E-state index contributed by atoms with van der Waals surface area (Å²) in [4.78, 5) is 56.9. The second kappa shape index (κ2) is 12.4. The van der Waals surface area contributed by atoms with Gasteiger partial charge in [-0.15, -0.1) is 11.8 Å². The van der Waals surface area contributed by atoms with Crippen LogP contribution < -0.4 is 0 Å². The van der Waals surface area contributed by atoms with Crippen molar-refractivity contribution in [1.82, 2.24) is 0 Å². The minimum absolute atomic E-state index is 0.0712. The molecule has 30 heavy (non-hydrogen) atoms. The molecule has 11 nitrogen and oxygen atoms in total. The Balaban J connectivity index is 3.17. The Morgan fingerprint density at radius 2 is 1.37 bits per heavy atom. The zero-order valence-corrected chi connectivity index (χ0v) is 18.0. The van der Waals surface area contributed by atoms with Gasteiger partial charge in [0.15, 0.2) is 18.3 Å². The number of carboxylic acid groups (broad SMARTS) is 1. The number of rotatable bonds is 10. The van der Waals surface area contributed by atoms with E-state index in [-0.39, 0.29) is 13.0 Å². The van der Waals surface area contributed by atoms with Gasteiger partial charge in [-0.2, -0.15) is 0 Å². The zero-order valence-electron chi connectivity index (χ0n) is 17.2. The maximum atomic E-state index is 11.7. The molecule has 0 radical (unpaired) electrons. The molecular weight excluding hydrogens is 424 g/mol. The minimum atomic E-state index is -1.22. The summed E-state index contributed by atoms with van der Waals surface area (Å²) in [5.74, 6) is -3.33. The molecule has 1 fully saturated rings. The minimum Gasteiger partial charge on any atom is -0.481 e. The number of carbonyl (C=O) groups is 5. The van der Waals surface area contributed by atoms with Crippen molar-refractivity contribution in [2.45, 2.75) is 70.4 Å². The van der Waals surface area contributed by atoms with Crippen LogP contribution in [0, 0.1) is 0 Å². The number of hydrogen-bond acceptors (Lipinski definition) is 11. The molecule has 0 bridgehead atoms. The lowest BCUT2D eigenvalue weighted by molar-refractivity contribution is -0.237. The Hall–Kier alpha value is -2.34. The molecule has 170 valence electrons. The van der Waals surface area contributed by atoms with Crippen LogP contribution in [0.2, 0.25) is 0 Å². The van der Waals surface area contributed by atoms with E-state index < -0.39 is 59.7 Å². The van der Waals surface area contributed by atoms with Crippen LogP contribution in [0.4, 0.5) is 0 Å². The van der Waals surface area contributed by atoms with Gasteiger partial charge in [0.2, 0.25) is 0 Å². The summed E-state index contributed by atoms with van der Waals surface area (Å²) < 4.78 is 26.7. The number of ether oxygens (including phenoxy) is 5. The van der Waals surface area contributed by atoms with E-state index >= 15 is 0 Å². The summed E-state index contributed by atoms with van der Waals surface area (Å²) in [7, 11) is 0. The predicted octanol–water partition coefficient (Wildman–Crippen LogP) is 0.668. The number of carbonyl (C=O) groups excluding carboxylic acids is 4. The van der Waals surface area contributed by atoms with Crippen molar-refractivity contribution in [2.24, 2.45) is 0 Å². The van der Waals surface area contributed by atoms with Gasteiger partial charge in [0, 0.05) is 34.1 Å². The number of carboxylic acids is 1. The van der Waals surface area contributed by atoms with Crippen molar-refractivity contribution in [3.63, 3.8) is 0 Å². The van der Waals surface area contributed by atoms with Crippen LogP contribution in [0.1, 0.15) is 40.5 Å². The van der Waals surface area contributed by atoms with Crippen molar-refractivity contribution in [2.75, 3.05) is 12.4 Å². The number of esters is 4. The summed E-state index contributed by atoms with van der Waals surface area (Å²) in [5, 5.41) is 8.78. The van der Waals surface area contributed by atoms with E-state index in [0.717, 1.165) is 32.5 Å². The smallest absolute Gasteiger partial charge is 0.303 e. The van der Waals surface area contributed by atoms with Crippen molar-refractivity contribution in [3.05, 3.63) is 0 Å². The molecule has 0 unspecified atom stereocenters. The predicted molar refractivity (Wildman–Crippen MR) is 101 cm³/mol. The van der Waals surface area contributed by atoms with E-state index in [1.807, 2.05) is 0 Å². The van der Waals surface area contributed by atoms with Gasteiger partial charge in [0.1, 0.15) is 18.1 Å². The monoisotopic (exact) mass is 450 g/mol. The average molecular weight is 450 g/mol. The molecule has 0 aromatic rings. The fraction of sp³-hybridized carbons (Fsp3) is 0.722. The lowest BCUT2D eigenvalue weighted by Gasteiger charge is -2.44. The first kappa shape index (κ1) is 25.7. The van der Waals surface area contributed by atoms with E-state index in [1.54, 1.807) is 0 Å². The van der Waals surface area contributed by atoms with E-state index in [4.69, 9.17) is 28.8 Å². The van der Waals surface area contributed by atoms with Crippen molar-refractivity contribution >= 4 is 41.6 Å². The van der Waals surface area contributed by atoms with Crippen LogP contribution in [-0.2, 0) is 47.7 Å². The van der Waals surface area contributed by atoms with E-state index in [9.17, 15) is 24.0 Å². The molecule has 0 amide bonds. The fourth-order valence-electron chi connectivity index (χ4n) is 2.75. The van der Waals surface area contributed by atoms with Gasteiger partial charge < -0.3 is 28.8 Å². The lowest BCUT2D eigenvalue weighted by atomic mass is 9.99. The summed E-state index contributed by atoms with van der Waals surface area (Å²) in [6, 6.07) is 0. The summed E-state index contributed by atoms with van der Waals surface area (Å²) >= 11 is 1.14. The first-order valence-electron chi connectivity index (χ1n) is 9.15. The van der Waals surface area contributed by atoms with Crippen LogP contribution in [0.3, 0.4) is 0 Å². The standard InChI is InChI=1S/C18H26O11S/c1-9(19)25-8-13-15(26-10(2)20)16(27-11(3)21)17(28-12(4)22)18(29-13)30-7-5-6-14(23)24/h13,15-18H,5-8H2,1-4H3,(H,23,24)/t13-,15-,16+,17+,18+/m1/s1. The molecule has 1 N–H and O–H groups in total. The van der Waals surface area contributed by atoms with E-state index in [2.05, 4.69) is 0 Å².